The first kappa shape index (κ1) is 21.7. The molecule has 2 aliphatic carbocycles. The predicted molar refractivity (Wildman–Crippen MR) is 124 cm³/mol. The summed E-state index contributed by atoms with van der Waals surface area (Å²) in [6, 6.07) is 9.62. The minimum absolute atomic E-state index is 0.825. The minimum atomic E-state index is 0.825. The van der Waals surface area contributed by atoms with Gasteiger partial charge in [0.15, 0.2) is 0 Å². The first-order valence-electron chi connectivity index (χ1n) is 12.5. The maximum atomic E-state index is 2.43. The zero-order valence-corrected chi connectivity index (χ0v) is 18.7. The van der Waals surface area contributed by atoms with Gasteiger partial charge in [0.2, 0.25) is 0 Å². The van der Waals surface area contributed by atoms with E-state index in [1.807, 2.05) is 0 Å². The van der Waals surface area contributed by atoms with Crippen molar-refractivity contribution < 1.29 is 0 Å². The van der Waals surface area contributed by atoms with E-state index in [4.69, 9.17) is 0 Å². The summed E-state index contributed by atoms with van der Waals surface area (Å²) < 4.78 is 0. The van der Waals surface area contributed by atoms with Crippen LogP contribution in [0.3, 0.4) is 0 Å². The lowest BCUT2D eigenvalue weighted by atomic mass is 9.68. The summed E-state index contributed by atoms with van der Waals surface area (Å²) in [7, 11) is 0. The molecular weight excluding hydrogens is 336 g/mol. The molecule has 0 amide bonds. The van der Waals surface area contributed by atoms with Crippen LogP contribution in [0.5, 0.6) is 0 Å². The van der Waals surface area contributed by atoms with Crippen LogP contribution in [-0.4, -0.2) is 0 Å². The van der Waals surface area contributed by atoms with Gasteiger partial charge in [0, 0.05) is 0 Å². The summed E-state index contributed by atoms with van der Waals surface area (Å²) in [6.07, 6.45) is 24.5. The third-order valence-corrected chi connectivity index (χ3v) is 7.83. The van der Waals surface area contributed by atoms with Gasteiger partial charge < -0.3 is 0 Å². The number of hydrogen-bond acceptors (Lipinski definition) is 0. The zero-order valence-electron chi connectivity index (χ0n) is 18.7. The van der Waals surface area contributed by atoms with Gasteiger partial charge in [0.1, 0.15) is 0 Å². The fourth-order valence-electron chi connectivity index (χ4n) is 5.93. The fourth-order valence-corrected chi connectivity index (χ4v) is 5.93. The van der Waals surface area contributed by atoms with Crippen LogP contribution in [0.15, 0.2) is 36.4 Å². The van der Waals surface area contributed by atoms with Crippen molar-refractivity contribution in [2.45, 2.75) is 110 Å². The molecule has 28 heavy (non-hydrogen) atoms. The summed E-state index contributed by atoms with van der Waals surface area (Å²) >= 11 is 0. The Hall–Kier alpha value is -1.04. The van der Waals surface area contributed by atoms with E-state index in [1.54, 1.807) is 5.56 Å². The highest BCUT2D eigenvalue weighted by molar-refractivity contribution is 5.26. The summed E-state index contributed by atoms with van der Waals surface area (Å²) in [5.74, 6) is 3.97. The number of hydrogen-bond donors (Lipinski definition) is 0. The third kappa shape index (κ3) is 6.50. The number of unbranched alkanes of at least 4 members (excludes halogenated alkanes) is 2. The molecule has 0 spiro atoms. The highest BCUT2D eigenvalue weighted by Crippen LogP contribution is 2.44. The van der Waals surface area contributed by atoms with Crippen LogP contribution in [0.25, 0.3) is 0 Å². The summed E-state index contributed by atoms with van der Waals surface area (Å²) in [4.78, 5) is 0. The third-order valence-electron chi connectivity index (χ3n) is 7.83. The van der Waals surface area contributed by atoms with E-state index >= 15 is 0 Å². The van der Waals surface area contributed by atoms with Crippen LogP contribution < -0.4 is 0 Å². The standard InChI is InChI=1S/C28H44/c1-3-5-7-9-23-11-15-25(16-12-23)27-19-21-28(22-20-27)26-17-13-24(14-18-26)10-8-6-4-2/h3,5,11-12,15-16,24,26-28H,4,6-10,13-14,17-22H2,1-2H3/b5-3+. The summed E-state index contributed by atoms with van der Waals surface area (Å²) in [6.45, 7) is 4.44. The Morgan fingerprint density at radius 2 is 1.46 bits per heavy atom. The minimum Gasteiger partial charge on any atom is -0.0917 e. The van der Waals surface area contributed by atoms with Crippen LogP contribution in [-0.2, 0) is 6.42 Å². The molecule has 0 nitrogen and oxygen atoms in total. The van der Waals surface area contributed by atoms with Crippen LogP contribution >= 0.6 is 0 Å². The van der Waals surface area contributed by atoms with Crippen LogP contribution in [0.2, 0.25) is 0 Å². The molecule has 0 unspecified atom stereocenters. The smallest absolute Gasteiger partial charge is 0.0162 e. The average Bonchev–Trinajstić information content (AvgIpc) is 2.75. The quantitative estimate of drug-likeness (QED) is 0.296. The van der Waals surface area contributed by atoms with Gasteiger partial charge in [-0.15, -0.1) is 0 Å². The highest BCUT2D eigenvalue weighted by Gasteiger charge is 2.31. The number of benzene rings is 1. The van der Waals surface area contributed by atoms with Gasteiger partial charge in [-0.3, -0.25) is 0 Å². The van der Waals surface area contributed by atoms with Crippen LogP contribution in [0.1, 0.15) is 114 Å². The second-order valence-corrected chi connectivity index (χ2v) is 9.74. The van der Waals surface area contributed by atoms with Gasteiger partial charge >= 0.3 is 0 Å². The second kappa shape index (κ2) is 11.8. The lowest BCUT2D eigenvalue weighted by Crippen LogP contribution is -2.25. The van der Waals surface area contributed by atoms with Gasteiger partial charge in [0.05, 0.1) is 0 Å². The molecule has 3 rings (SSSR count). The Kier molecular flexibility index (Phi) is 9.16. The predicted octanol–water partition coefficient (Wildman–Crippen LogP) is 8.86. The van der Waals surface area contributed by atoms with Crippen molar-refractivity contribution >= 4 is 0 Å². The molecule has 2 saturated carbocycles. The van der Waals surface area contributed by atoms with Crippen molar-refractivity contribution in [3.8, 4) is 0 Å². The zero-order chi connectivity index (χ0) is 19.6. The Bertz CT molecular complexity index is 550. The van der Waals surface area contributed by atoms with Crippen molar-refractivity contribution in [2.75, 3.05) is 0 Å². The Morgan fingerprint density at radius 3 is 2.07 bits per heavy atom. The van der Waals surface area contributed by atoms with Crippen molar-refractivity contribution in [1.29, 1.82) is 0 Å². The lowest BCUT2D eigenvalue weighted by Gasteiger charge is -2.38. The van der Waals surface area contributed by atoms with E-state index in [2.05, 4.69) is 50.3 Å². The molecule has 156 valence electrons. The van der Waals surface area contributed by atoms with Crippen LogP contribution in [0.4, 0.5) is 0 Å². The molecule has 2 fully saturated rings. The molecule has 0 saturated heterocycles. The van der Waals surface area contributed by atoms with Gasteiger partial charge in [-0.1, -0.05) is 81.9 Å². The Morgan fingerprint density at radius 1 is 0.821 bits per heavy atom. The molecular formula is C28H44. The number of allylic oxidation sites excluding steroid dienone is 2. The average molecular weight is 381 g/mol. The molecule has 2 aliphatic rings. The molecule has 0 N–H and O–H groups in total. The van der Waals surface area contributed by atoms with Crippen molar-refractivity contribution in [3.05, 3.63) is 47.5 Å². The van der Waals surface area contributed by atoms with E-state index in [0.29, 0.717) is 0 Å². The van der Waals surface area contributed by atoms with Gasteiger partial charge in [0.25, 0.3) is 0 Å². The fraction of sp³-hybridized carbons (Fsp3) is 0.714. The van der Waals surface area contributed by atoms with E-state index in [-0.39, 0.29) is 0 Å². The Labute approximate surface area is 175 Å². The Balaban J connectivity index is 1.39. The first-order valence-corrected chi connectivity index (χ1v) is 12.5. The van der Waals surface area contributed by atoms with Crippen LogP contribution in [0, 0.1) is 17.8 Å². The summed E-state index contributed by atoms with van der Waals surface area (Å²) in [5.41, 5.74) is 3.10. The molecule has 1 aromatic carbocycles. The highest BCUT2D eigenvalue weighted by atomic mass is 14.4. The number of rotatable bonds is 9. The normalized spacial score (nSPS) is 28.6. The maximum absolute atomic E-state index is 2.43. The topological polar surface area (TPSA) is 0 Å². The van der Waals surface area contributed by atoms with Crippen molar-refractivity contribution in [3.63, 3.8) is 0 Å². The molecule has 0 atom stereocenters. The molecule has 0 heteroatoms. The molecule has 0 aliphatic heterocycles. The molecule has 1 aromatic rings. The van der Waals surface area contributed by atoms with E-state index in [9.17, 15) is 0 Å². The molecule has 0 bridgehead atoms. The van der Waals surface area contributed by atoms with Crippen molar-refractivity contribution in [1.82, 2.24) is 0 Å². The second-order valence-electron chi connectivity index (χ2n) is 9.74. The SMILES string of the molecule is C/C=C/CCc1ccc(C2CCC(C3CCC(CCCCC)CC3)CC2)cc1. The van der Waals surface area contributed by atoms with E-state index in [0.717, 1.165) is 23.7 Å². The van der Waals surface area contributed by atoms with Gasteiger partial charge in [-0.25, -0.2) is 0 Å². The molecule has 0 aromatic heterocycles. The van der Waals surface area contributed by atoms with E-state index in [1.165, 1.54) is 95.5 Å². The largest absolute Gasteiger partial charge is 0.0917 e. The molecule has 0 heterocycles. The first-order chi connectivity index (χ1) is 13.8. The van der Waals surface area contributed by atoms with E-state index < -0.39 is 0 Å². The van der Waals surface area contributed by atoms with Crippen molar-refractivity contribution in [2.24, 2.45) is 17.8 Å². The van der Waals surface area contributed by atoms with Gasteiger partial charge in [-0.05, 0) is 93.1 Å². The number of aryl methyl sites for hydroxylation is 1. The van der Waals surface area contributed by atoms with Gasteiger partial charge in [-0.2, -0.15) is 0 Å². The molecule has 0 radical (unpaired) electrons. The maximum Gasteiger partial charge on any atom is -0.0162 e. The summed E-state index contributed by atoms with van der Waals surface area (Å²) in [5, 5.41) is 0. The monoisotopic (exact) mass is 380 g/mol. The lowest BCUT2D eigenvalue weighted by molar-refractivity contribution is 0.155.